The lowest BCUT2D eigenvalue weighted by molar-refractivity contribution is -0.141. The number of carbonyl (C=O) groups excluding carboxylic acids is 2. The van der Waals surface area contributed by atoms with Gasteiger partial charge in [-0.2, -0.15) is 0 Å². The highest BCUT2D eigenvalue weighted by Crippen LogP contribution is 2.18. The number of hydrogen-bond donors (Lipinski definition) is 1. The van der Waals surface area contributed by atoms with Crippen molar-refractivity contribution in [3.8, 4) is 5.75 Å². The normalized spacial score (nSPS) is 11.8. The van der Waals surface area contributed by atoms with E-state index in [0.29, 0.717) is 35.4 Å². The lowest BCUT2D eigenvalue weighted by Crippen LogP contribution is -2.49. The molecule has 2 rings (SSSR count). The molecule has 0 aliphatic heterocycles. The maximum absolute atomic E-state index is 13.0. The van der Waals surface area contributed by atoms with Gasteiger partial charge in [0.05, 0.1) is 6.61 Å². The average molecular weight is 451 g/mol. The minimum Gasteiger partial charge on any atom is -0.494 e. The molecule has 0 heterocycles. The summed E-state index contributed by atoms with van der Waals surface area (Å²) in [5, 5.41) is 4.11. The quantitative estimate of drug-likeness (QED) is 0.512. The highest BCUT2D eigenvalue weighted by molar-refractivity contribution is 6.30. The summed E-state index contributed by atoms with van der Waals surface area (Å²) in [5.74, 6) is 0.409. The Hall–Kier alpha value is -2.24. The summed E-state index contributed by atoms with van der Waals surface area (Å²) in [4.78, 5) is 27.1. The highest BCUT2D eigenvalue weighted by atomic mass is 35.5. The van der Waals surface area contributed by atoms with Gasteiger partial charge in [0.1, 0.15) is 11.8 Å². The molecule has 1 atom stereocenters. The summed E-state index contributed by atoms with van der Waals surface area (Å²) >= 11 is 11.9. The van der Waals surface area contributed by atoms with Gasteiger partial charge in [-0.25, -0.2) is 0 Å². The van der Waals surface area contributed by atoms with Gasteiger partial charge >= 0.3 is 0 Å². The standard InChI is InChI=1S/C23H28Cl2N2O3/c1-16(2)26-23(29)17(3)27(15-18-6-4-7-20(25)14-18)22(28)8-5-13-30-21-11-9-19(24)10-12-21/h4,6-7,9-12,14,16-17H,5,8,13,15H2,1-3H3,(H,26,29)/t17-/m0/s1. The number of ether oxygens (including phenoxy) is 1. The van der Waals surface area contributed by atoms with E-state index in [1.807, 2.05) is 26.0 Å². The van der Waals surface area contributed by atoms with E-state index in [2.05, 4.69) is 5.32 Å². The van der Waals surface area contributed by atoms with Crippen molar-refractivity contribution in [3.63, 3.8) is 0 Å². The Morgan fingerprint density at radius 3 is 2.37 bits per heavy atom. The van der Waals surface area contributed by atoms with Gasteiger partial charge < -0.3 is 15.0 Å². The van der Waals surface area contributed by atoms with Crippen LogP contribution in [0.25, 0.3) is 0 Å². The molecule has 0 aliphatic rings. The number of rotatable bonds is 10. The maximum atomic E-state index is 13.0. The van der Waals surface area contributed by atoms with Crippen LogP contribution in [0.4, 0.5) is 0 Å². The molecule has 1 N–H and O–H groups in total. The van der Waals surface area contributed by atoms with Crippen LogP contribution in [-0.4, -0.2) is 35.4 Å². The molecule has 0 saturated carbocycles. The predicted octanol–water partition coefficient (Wildman–Crippen LogP) is 5.09. The summed E-state index contributed by atoms with van der Waals surface area (Å²) in [5.41, 5.74) is 0.873. The van der Waals surface area contributed by atoms with Crippen molar-refractivity contribution in [2.45, 2.75) is 52.2 Å². The van der Waals surface area contributed by atoms with Crippen LogP contribution in [0, 0.1) is 0 Å². The molecule has 0 saturated heterocycles. The van der Waals surface area contributed by atoms with Crippen LogP contribution >= 0.6 is 23.2 Å². The Balaban J connectivity index is 1.99. The molecule has 2 amide bonds. The molecule has 2 aromatic carbocycles. The fourth-order valence-corrected chi connectivity index (χ4v) is 3.25. The van der Waals surface area contributed by atoms with Crippen molar-refractivity contribution in [1.82, 2.24) is 10.2 Å². The number of carbonyl (C=O) groups is 2. The first-order chi connectivity index (χ1) is 14.3. The second-order valence-electron chi connectivity index (χ2n) is 7.40. The summed E-state index contributed by atoms with van der Waals surface area (Å²) in [6.45, 7) is 6.23. The average Bonchev–Trinajstić information content (AvgIpc) is 2.69. The maximum Gasteiger partial charge on any atom is 0.242 e. The number of nitrogens with one attached hydrogen (secondary N) is 1. The third-order valence-corrected chi connectivity index (χ3v) is 4.94. The smallest absolute Gasteiger partial charge is 0.242 e. The first-order valence-electron chi connectivity index (χ1n) is 9.99. The zero-order chi connectivity index (χ0) is 22.1. The minimum atomic E-state index is -0.601. The van der Waals surface area contributed by atoms with Crippen molar-refractivity contribution in [2.75, 3.05) is 6.61 Å². The van der Waals surface area contributed by atoms with E-state index in [1.54, 1.807) is 48.2 Å². The monoisotopic (exact) mass is 450 g/mol. The van der Waals surface area contributed by atoms with E-state index in [9.17, 15) is 9.59 Å². The van der Waals surface area contributed by atoms with Gasteiger partial charge in [-0.3, -0.25) is 9.59 Å². The third kappa shape index (κ3) is 7.88. The molecular weight excluding hydrogens is 423 g/mol. The fraction of sp³-hybridized carbons (Fsp3) is 0.391. The molecule has 0 unspecified atom stereocenters. The van der Waals surface area contributed by atoms with Crippen LogP contribution in [0.2, 0.25) is 10.0 Å². The Morgan fingerprint density at radius 2 is 1.73 bits per heavy atom. The van der Waals surface area contributed by atoms with Crippen LogP contribution < -0.4 is 10.1 Å². The number of nitrogens with zero attached hydrogens (tertiary/aromatic N) is 1. The van der Waals surface area contributed by atoms with E-state index >= 15 is 0 Å². The van der Waals surface area contributed by atoms with Crippen molar-refractivity contribution < 1.29 is 14.3 Å². The van der Waals surface area contributed by atoms with E-state index in [0.717, 1.165) is 5.56 Å². The lowest BCUT2D eigenvalue weighted by atomic mass is 10.1. The number of halogens is 2. The van der Waals surface area contributed by atoms with Gasteiger partial charge in [-0.05, 0) is 69.2 Å². The van der Waals surface area contributed by atoms with Crippen molar-refractivity contribution in [1.29, 1.82) is 0 Å². The topological polar surface area (TPSA) is 58.6 Å². The highest BCUT2D eigenvalue weighted by Gasteiger charge is 2.26. The Labute approximate surface area is 188 Å². The van der Waals surface area contributed by atoms with Crippen molar-refractivity contribution in [2.24, 2.45) is 0 Å². The second-order valence-corrected chi connectivity index (χ2v) is 8.27. The first-order valence-corrected chi connectivity index (χ1v) is 10.7. The first kappa shape index (κ1) is 24.0. The summed E-state index contributed by atoms with van der Waals surface area (Å²) in [6.07, 6.45) is 0.805. The molecule has 5 nitrogen and oxygen atoms in total. The van der Waals surface area contributed by atoms with Gasteiger partial charge in [-0.1, -0.05) is 35.3 Å². The molecule has 0 spiro atoms. The molecule has 0 aliphatic carbocycles. The zero-order valence-corrected chi connectivity index (χ0v) is 19.0. The van der Waals surface area contributed by atoms with E-state index < -0.39 is 6.04 Å². The fourth-order valence-electron chi connectivity index (χ4n) is 2.91. The molecular formula is C23H28Cl2N2O3. The summed E-state index contributed by atoms with van der Waals surface area (Å²) < 4.78 is 5.66. The molecule has 7 heteroatoms. The van der Waals surface area contributed by atoms with Crippen LogP contribution in [0.1, 0.15) is 39.2 Å². The summed E-state index contributed by atoms with van der Waals surface area (Å²) in [6, 6.07) is 13.8. The molecule has 0 aromatic heterocycles. The van der Waals surface area contributed by atoms with Crippen molar-refractivity contribution >= 4 is 35.0 Å². The molecule has 30 heavy (non-hydrogen) atoms. The zero-order valence-electron chi connectivity index (χ0n) is 17.5. The number of amides is 2. The molecule has 0 bridgehead atoms. The van der Waals surface area contributed by atoms with Crippen LogP contribution in [0.3, 0.4) is 0 Å². The molecule has 162 valence electrons. The molecule has 0 fully saturated rings. The Morgan fingerprint density at radius 1 is 1.03 bits per heavy atom. The molecule has 0 radical (unpaired) electrons. The van der Waals surface area contributed by atoms with Gasteiger partial charge in [0, 0.05) is 29.1 Å². The van der Waals surface area contributed by atoms with Crippen molar-refractivity contribution in [3.05, 3.63) is 64.1 Å². The van der Waals surface area contributed by atoms with Gasteiger partial charge in [-0.15, -0.1) is 0 Å². The number of hydrogen-bond acceptors (Lipinski definition) is 3. The van der Waals surface area contributed by atoms with E-state index in [-0.39, 0.29) is 24.3 Å². The van der Waals surface area contributed by atoms with Crippen LogP contribution in [-0.2, 0) is 16.1 Å². The lowest BCUT2D eigenvalue weighted by Gasteiger charge is -2.29. The van der Waals surface area contributed by atoms with Gasteiger partial charge in [0.2, 0.25) is 11.8 Å². The minimum absolute atomic E-state index is 0.00384. The largest absolute Gasteiger partial charge is 0.494 e. The second kappa shape index (κ2) is 11.8. The van der Waals surface area contributed by atoms with Gasteiger partial charge in [0.15, 0.2) is 0 Å². The van der Waals surface area contributed by atoms with Gasteiger partial charge in [0.25, 0.3) is 0 Å². The number of benzene rings is 2. The van der Waals surface area contributed by atoms with E-state index in [1.165, 1.54) is 0 Å². The predicted molar refractivity (Wildman–Crippen MR) is 121 cm³/mol. The Bertz CT molecular complexity index is 841. The van der Waals surface area contributed by atoms with Crippen LogP contribution in [0.15, 0.2) is 48.5 Å². The van der Waals surface area contributed by atoms with E-state index in [4.69, 9.17) is 27.9 Å². The Kier molecular flexibility index (Phi) is 9.47. The SMILES string of the molecule is CC(C)NC(=O)[C@H](C)N(Cc1cccc(Cl)c1)C(=O)CCCOc1ccc(Cl)cc1. The van der Waals surface area contributed by atoms with Crippen LogP contribution in [0.5, 0.6) is 5.75 Å². The molecule has 2 aromatic rings. The summed E-state index contributed by atoms with van der Waals surface area (Å²) in [7, 11) is 0. The third-order valence-electron chi connectivity index (χ3n) is 4.46.